The largest absolute Gasteiger partial charge is 0.493 e. The molecular formula is C18H21NO5S3. The van der Waals surface area contributed by atoms with E-state index < -0.39 is 10.1 Å². The number of rotatable bonds is 5. The summed E-state index contributed by atoms with van der Waals surface area (Å²) in [6.45, 7) is 0. The van der Waals surface area contributed by atoms with Crippen molar-refractivity contribution in [3.63, 3.8) is 0 Å². The number of hydrogen-bond acceptors (Lipinski definition) is 7. The third kappa shape index (κ3) is 4.83. The van der Waals surface area contributed by atoms with Crippen LogP contribution in [0.25, 0.3) is 6.08 Å². The number of thiocarbonyl (C=S) groups is 1. The van der Waals surface area contributed by atoms with Gasteiger partial charge in [-0.25, -0.2) is 0 Å². The van der Waals surface area contributed by atoms with E-state index in [0.717, 1.165) is 31.9 Å². The standard InChI is InChI=1S/C18H21NO5S3/c1-23-15-10-12(8-9-14(15)24-27(2,21)22)11-16-17(20)19(18(25)26-16)13-6-4-3-5-7-13/h8-11,13H,3-7H2,1-2H3/b16-11+. The minimum Gasteiger partial charge on any atom is -0.493 e. The Balaban J connectivity index is 1.84. The van der Waals surface area contributed by atoms with Crippen LogP contribution in [0.4, 0.5) is 0 Å². The van der Waals surface area contributed by atoms with E-state index in [0.29, 0.717) is 14.8 Å². The quantitative estimate of drug-likeness (QED) is 0.404. The molecule has 1 aliphatic carbocycles. The predicted molar refractivity (Wildman–Crippen MR) is 110 cm³/mol. The third-order valence-electron chi connectivity index (χ3n) is 4.49. The molecule has 1 aromatic rings. The minimum absolute atomic E-state index is 0.0627. The van der Waals surface area contributed by atoms with Gasteiger partial charge in [0, 0.05) is 6.04 Å². The van der Waals surface area contributed by atoms with E-state index in [1.54, 1.807) is 23.1 Å². The normalized spacial score (nSPS) is 20.4. The first-order valence-electron chi connectivity index (χ1n) is 8.63. The number of benzene rings is 1. The van der Waals surface area contributed by atoms with Gasteiger partial charge in [-0.2, -0.15) is 8.42 Å². The molecule has 1 amide bonds. The van der Waals surface area contributed by atoms with Gasteiger partial charge in [0.05, 0.1) is 18.3 Å². The highest BCUT2D eigenvalue weighted by Gasteiger charge is 2.37. The number of thioether (sulfide) groups is 1. The van der Waals surface area contributed by atoms with Crippen LogP contribution in [-0.4, -0.2) is 43.0 Å². The lowest BCUT2D eigenvalue weighted by atomic mass is 9.94. The van der Waals surface area contributed by atoms with E-state index >= 15 is 0 Å². The maximum Gasteiger partial charge on any atom is 0.306 e. The first-order chi connectivity index (χ1) is 12.8. The van der Waals surface area contributed by atoms with Crippen LogP contribution < -0.4 is 8.92 Å². The number of nitrogens with zero attached hydrogens (tertiary/aromatic N) is 1. The molecule has 0 bridgehead atoms. The zero-order valence-corrected chi connectivity index (χ0v) is 17.6. The van der Waals surface area contributed by atoms with E-state index in [-0.39, 0.29) is 23.4 Å². The van der Waals surface area contributed by atoms with Crippen LogP contribution >= 0.6 is 24.0 Å². The van der Waals surface area contributed by atoms with Gasteiger partial charge in [-0.05, 0) is 36.6 Å². The molecule has 0 aromatic heterocycles. The summed E-state index contributed by atoms with van der Waals surface area (Å²) in [5.41, 5.74) is 0.705. The van der Waals surface area contributed by atoms with Gasteiger partial charge >= 0.3 is 10.1 Å². The SMILES string of the molecule is COc1cc(/C=C2/SC(=S)N(C3CCCCC3)C2=O)ccc1OS(C)(=O)=O. The number of ether oxygens (including phenoxy) is 1. The Bertz CT molecular complexity index is 888. The number of hydrogen-bond donors (Lipinski definition) is 0. The predicted octanol–water partition coefficient (Wildman–Crippen LogP) is 3.57. The lowest BCUT2D eigenvalue weighted by Crippen LogP contribution is -2.39. The number of carbonyl (C=O) groups excluding carboxylic acids is 1. The van der Waals surface area contributed by atoms with E-state index in [1.165, 1.54) is 31.4 Å². The van der Waals surface area contributed by atoms with Crippen molar-refractivity contribution in [1.82, 2.24) is 4.90 Å². The molecule has 3 rings (SSSR count). The fourth-order valence-corrected chi connectivity index (χ4v) is 5.16. The molecule has 1 saturated carbocycles. The van der Waals surface area contributed by atoms with Gasteiger partial charge in [0.25, 0.3) is 5.91 Å². The highest BCUT2D eigenvalue weighted by Crippen LogP contribution is 2.38. The smallest absolute Gasteiger partial charge is 0.306 e. The Kier molecular flexibility index (Phi) is 6.12. The second-order valence-corrected chi connectivity index (χ2v) is 9.79. The Labute approximate surface area is 169 Å². The molecular weight excluding hydrogens is 406 g/mol. The summed E-state index contributed by atoms with van der Waals surface area (Å²) in [5.74, 6) is 0.316. The molecule has 1 aromatic carbocycles. The Morgan fingerprint density at radius 3 is 2.56 bits per heavy atom. The van der Waals surface area contributed by atoms with E-state index in [4.69, 9.17) is 21.1 Å². The fourth-order valence-electron chi connectivity index (χ4n) is 3.29. The van der Waals surface area contributed by atoms with Crippen molar-refractivity contribution < 1.29 is 22.1 Å². The van der Waals surface area contributed by atoms with Crippen molar-refractivity contribution in [2.24, 2.45) is 0 Å². The van der Waals surface area contributed by atoms with Crippen molar-refractivity contribution >= 4 is 50.4 Å². The highest BCUT2D eigenvalue weighted by molar-refractivity contribution is 8.26. The summed E-state index contributed by atoms with van der Waals surface area (Å²) in [5, 5.41) is 0. The molecule has 0 N–H and O–H groups in total. The second-order valence-electron chi connectivity index (χ2n) is 6.54. The van der Waals surface area contributed by atoms with Gasteiger partial charge < -0.3 is 8.92 Å². The summed E-state index contributed by atoms with van der Waals surface area (Å²) >= 11 is 6.74. The summed E-state index contributed by atoms with van der Waals surface area (Å²) in [4.78, 5) is 15.2. The van der Waals surface area contributed by atoms with E-state index in [2.05, 4.69) is 0 Å². The number of methoxy groups -OCH3 is 1. The van der Waals surface area contributed by atoms with E-state index in [9.17, 15) is 13.2 Å². The topological polar surface area (TPSA) is 72.9 Å². The summed E-state index contributed by atoms with van der Waals surface area (Å²) in [6.07, 6.45) is 8.16. The maximum absolute atomic E-state index is 12.8. The first kappa shape index (κ1) is 20.2. The van der Waals surface area contributed by atoms with Crippen LogP contribution in [0.15, 0.2) is 23.1 Å². The van der Waals surface area contributed by atoms with E-state index in [1.807, 2.05) is 0 Å². The van der Waals surface area contributed by atoms with Crippen molar-refractivity contribution in [3.05, 3.63) is 28.7 Å². The Morgan fingerprint density at radius 1 is 1.22 bits per heavy atom. The highest BCUT2D eigenvalue weighted by atomic mass is 32.2. The van der Waals surface area contributed by atoms with Crippen molar-refractivity contribution in [2.75, 3.05) is 13.4 Å². The van der Waals surface area contributed by atoms with Gasteiger partial charge in [-0.15, -0.1) is 0 Å². The third-order valence-corrected chi connectivity index (χ3v) is 6.30. The lowest BCUT2D eigenvalue weighted by molar-refractivity contribution is -0.124. The molecule has 0 spiro atoms. The maximum atomic E-state index is 12.8. The van der Waals surface area contributed by atoms with Crippen molar-refractivity contribution in [2.45, 2.75) is 38.1 Å². The van der Waals surface area contributed by atoms with Gasteiger partial charge in [0.1, 0.15) is 4.32 Å². The lowest BCUT2D eigenvalue weighted by Gasteiger charge is -2.29. The van der Waals surface area contributed by atoms with Crippen LogP contribution in [0, 0.1) is 0 Å². The van der Waals surface area contributed by atoms with Crippen molar-refractivity contribution in [3.8, 4) is 11.5 Å². The van der Waals surface area contributed by atoms with Gasteiger partial charge in [-0.1, -0.05) is 49.3 Å². The molecule has 27 heavy (non-hydrogen) atoms. The molecule has 1 aliphatic heterocycles. The van der Waals surface area contributed by atoms with Gasteiger partial charge in [-0.3, -0.25) is 9.69 Å². The fraction of sp³-hybridized carbons (Fsp3) is 0.444. The van der Waals surface area contributed by atoms with Gasteiger partial charge in [0.15, 0.2) is 11.5 Å². The molecule has 0 radical (unpaired) electrons. The van der Waals surface area contributed by atoms with Crippen LogP contribution in [-0.2, 0) is 14.9 Å². The molecule has 0 unspecified atom stereocenters. The second kappa shape index (κ2) is 8.20. The molecule has 2 fully saturated rings. The monoisotopic (exact) mass is 427 g/mol. The molecule has 9 heteroatoms. The zero-order chi connectivity index (χ0) is 19.6. The zero-order valence-electron chi connectivity index (χ0n) is 15.1. The first-order valence-corrected chi connectivity index (χ1v) is 11.7. The van der Waals surface area contributed by atoms with Crippen LogP contribution in [0.1, 0.15) is 37.7 Å². The summed E-state index contributed by atoms with van der Waals surface area (Å²) in [7, 11) is -2.23. The minimum atomic E-state index is -3.66. The average molecular weight is 428 g/mol. The van der Waals surface area contributed by atoms with Crippen LogP contribution in [0.3, 0.4) is 0 Å². The molecule has 1 saturated heterocycles. The Hall–Kier alpha value is -1.58. The molecule has 6 nitrogen and oxygen atoms in total. The molecule has 146 valence electrons. The number of carbonyl (C=O) groups is 1. The number of amides is 1. The summed E-state index contributed by atoms with van der Waals surface area (Å²) in [6, 6.07) is 5.01. The molecule has 2 aliphatic rings. The summed E-state index contributed by atoms with van der Waals surface area (Å²) < 4.78 is 33.4. The van der Waals surface area contributed by atoms with Crippen molar-refractivity contribution in [1.29, 1.82) is 0 Å². The molecule has 1 heterocycles. The molecule has 0 atom stereocenters. The Morgan fingerprint density at radius 2 is 1.93 bits per heavy atom. The van der Waals surface area contributed by atoms with Crippen LogP contribution in [0.5, 0.6) is 11.5 Å². The average Bonchev–Trinajstić information content (AvgIpc) is 2.89. The van der Waals surface area contributed by atoms with Gasteiger partial charge in [0.2, 0.25) is 0 Å². The van der Waals surface area contributed by atoms with Crippen LogP contribution in [0.2, 0.25) is 0 Å².